The van der Waals surface area contributed by atoms with E-state index in [2.05, 4.69) is 15.5 Å². The lowest BCUT2D eigenvalue weighted by molar-refractivity contribution is 0.104. The first-order valence-corrected chi connectivity index (χ1v) is 10.7. The van der Waals surface area contributed by atoms with Gasteiger partial charge in [-0.05, 0) is 54.0 Å². The molecule has 0 saturated heterocycles. The average Bonchev–Trinajstić information content (AvgIpc) is 3.22. The summed E-state index contributed by atoms with van der Waals surface area (Å²) in [5.41, 5.74) is 6.68. The maximum Gasteiger partial charge on any atom is 0.204 e. The van der Waals surface area contributed by atoms with E-state index in [1.54, 1.807) is 30.5 Å². The van der Waals surface area contributed by atoms with Crippen molar-refractivity contribution in [3.05, 3.63) is 95.1 Å². The average molecular weight is 428 g/mol. The largest absolute Gasteiger partial charge is 0.507 e. The Morgan fingerprint density at radius 2 is 1.90 bits per heavy atom. The van der Waals surface area contributed by atoms with Gasteiger partial charge in [0, 0.05) is 11.1 Å². The summed E-state index contributed by atoms with van der Waals surface area (Å²) in [7, 11) is 0. The van der Waals surface area contributed by atoms with Gasteiger partial charge >= 0.3 is 0 Å². The minimum atomic E-state index is -0.116. The number of aromatic nitrogens is 1. The van der Waals surface area contributed by atoms with Gasteiger partial charge < -0.3 is 5.11 Å². The second kappa shape index (κ2) is 9.36. The molecule has 2 N–H and O–H groups in total. The molecule has 0 aliphatic rings. The van der Waals surface area contributed by atoms with Crippen LogP contribution < -0.4 is 5.43 Å². The highest BCUT2D eigenvalue weighted by molar-refractivity contribution is 7.22. The van der Waals surface area contributed by atoms with Gasteiger partial charge in [0.2, 0.25) is 5.13 Å². The van der Waals surface area contributed by atoms with E-state index in [0.29, 0.717) is 22.7 Å². The van der Waals surface area contributed by atoms with Crippen molar-refractivity contribution < 1.29 is 9.90 Å². The summed E-state index contributed by atoms with van der Waals surface area (Å²) in [6.45, 7) is 1.97. The van der Waals surface area contributed by atoms with Crippen molar-refractivity contribution >= 4 is 44.8 Å². The molecule has 0 atom stereocenters. The van der Waals surface area contributed by atoms with Crippen LogP contribution in [0.1, 0.15) is 34.0 Å². The zero-order valence-electron chi connectivity index (χ0n) is 16.9. The van der Waals surface area contributed by atoms with Gasteiger partial charge in [-0.1, -0.05) is 60.7 Å². The van der Waals surface area contributed by atoms with Gasteiger partial charge in [0.1, 0.15) is 5.75 Å². The van der Waals surface area contributed by atoms with Crippen LogP contribution in [-0.2, 0) is 6.42 Å². The Bertz CT molecular complexity index is 1240. The zero-order chi connectivity index (χ0) is 21.6. The first-order chi connectivity index (χ1) is 15.1. The topological polar surface area (TPSA) is 74.6 Å². The molecular formula is C25H21N3O2S. The number of hydrazone groups is 1. The van der Waals surface area contributed by atoms with E-state index in [1.165, 1.54) is 17.4 Å². The van der Waals surface area contributed by atoms with Gasteiger partial charge in [-0.3, -0.25) is 10.2 Å². The molecule has 4 aromatic rings. The number of aryl methyl sites for hydroxylation is 1. The Hall–Kier alpha value is -3.77. The first-order valence-electron chi connectivity index (χ1n) is 9.92. The summed E-state index contributed by atoms with van der Waals surface area (Å²) in [5.74, 6) is 0.0607. The highest BCUT2D eigenvalue weighted by Crippen LogP contribution is 2.27. The van der Waals surface area contributed by atoms with Crippen molar-refractivity contribution in [2.75, 3.05) is 5.43 Å². The number of anilines is 1. The van der Waals surface area contributed by atoms with Crippen molar-refractivity contribution in [3.63, 3.8) is 0 Å². The van der Waals surface area contributed by atoms with E-state index >= 15 is 0 Å². The Balaban J connectivity index is 1.54. The Labute approximate surface area is 184 Å². The molecule has 0 aliphatic heterocycles. The highest BCUT2D eigenvalue weighted by atomic mass is 32.1. The third-order valence-electron chi connectivity index (χ3n) is 4.76. The highest BCUT2D eigenvalue weighted by Gasteiger charge is 2.08. The van der Waals surface area contributed by atoms with E-state index in [-0.39, 0.29) is 11.5 Å². The maximum absolute atomic E-state index is 12.4. The maximum atomic E-state index is 12.4. The SMILES string of the molecule is CCc1cc(/C=N/Nc2nc3ccccc3s2)cc(/C=C/C(=O)c2ccccc2)c1O. The zero-order valence-corrected chi connectivity index (χ0v) is 17.8. The fourth-order valence-electron chi connectivity index (χ4n) is 3.16. The Morgan fingerprint density at radius 1 is 1.13 bits per heavy atom. The van der Waals surface area contributed by atoms with Crippen LogP contribution in [0.25, 0.3) is 16.3 Å². The standard InChI is InChI=1S/C25H21N3O2S/c1-2-18-14-17(16-26-28-25-27-21-10-6-7-11-23(21)31-25)15-20(24(18)30)12-13-22(29)19-8-4-3-5-9-19/h3-16,30H,2H2,1H3,(H,27,28)/b13-12+,26-16+. The number of nitrogens with zero attached hydrogens (tertiary/aromatic N) is 2. The van der Waals surface area contributed by atoms with Crippen LogP contribution in [0.4, 0.5) is 5.13 Å². The molecule has 6 heteroatoms. The summed E-state index contributed by atoms with van der Waals surface area (Å²) in [4.78, 5) is 16.9. The molecule has 0 bridgehead atoms. The van der Waals surface area contributed by atoms with Crippen LogP contribution in [0.5, 0.6) is 5.75 Å². The van der Waals surface area contributed by atoms with Gasteiger partial charge in [0.15, 0.2) is 5.78 Å². The fraction of sp³-hybridized carbons (Fsp3) is 0.0800. The number of phenols is 1. The quantitative estimate of drug-likeness (QED) is 0.166. The molecule has 0 aliphatic carbocycles. The van der Waals surface area contributed by atoms with Crippen molar-refractivity contribution in [1.29, 1.82) is 0 Å². The molecule has 1 heterocycles. The summed E-state index contributed by atoms with van der Waals surface area (Å²) in [6, 6.07) is 20.6. The van der Waals surface area contributed by atoms with Crippen molar-refractivity contribution in [2.45, 2.75) is 13.3 Å². The number of hydrogen-bond donors (Lipinski definition) is 2. The summed E-state index contributed by atoms with van der Waals surface area (Å²) in [5, 5.41) is 15.6. The van der Waals surface area contributed by atoms with E-state index in [1.807, 2.05) is 55.5 Å². The summed E-state index contributed by atoms with van der Waals surface area (Å²) < 4.78 is 1.09. The van der Waals surface area contributed by atoms with E-state index in [0.717, 1.165) is 21.3 Å². The molecule has 4 rings (SSSR count). The smallest absolute Gasteiger partial charge is 0.204 e. The van der Waals surface area contributed by atoms with Gasteiger partial charge in [-0.25, -0.2) is 4.98 Å². The monoisotopic (exact) mass is 427 g/mol. The molecule has 31 heavy (non-hydrogen) atoms. The number of fused-ring (bicyclic) bond motifs is 1. The van der Waals surface area contributed by atoms with Gasteiger partial charge in [0.05, 0.1) is 16.4 Å². The third kappa shape index (κ3) is 4.87. The van der Waals surface area contributed by atoms with Crippen LogP contribution in [0.15, 0.2) is 77.9 Å². The lowest BCUT2D eigenvalue weighted by Crippen LogP contribution is -1.95. The predicted molar refractivity (Wildman–Crippen MR) is 128 cm³/mol. The molecule has 0 fully saturated rings. The van der Waals surface area contributed by atoms with Crippen molar-refractivity contribution in [3.8, 4) is 5.75 Å². The molecule has 0 saturated carbocycles. The lowest BCUT2D eigenvalue weighted by atomic mass is 10.0. The first kappa shape index (κ1) is 20.5. The van der Waals surface area contributed by atoms with Gasteiger partial charge in [-0.2, -0.15) is 5.10 Å². The van der Waals surface area contributed by atoms with Crippen LogP contribution in [0.3, 0.4) is 0 Å². The molecule has 5 nitrogen and oxygen atoms in total. The number of phenolic OH excluding ortho intramolecular Hbond substituents is 1. The molecule has 0 radical (unpaired) electrons. The van der Waals surface area contributed by atoms with E-state index in [9.17, 15) is 9.90 Å². The number of hydrogen-bond acceptors (Lipinski definition) is 6. The van der Waals surface area contributed by atoms with Crippen molar-refractivity contribution in [2.24, 2.45) is 5.10 Å². The Kier molecular flexibility index (Phi) is 6.19. The fourth-order valence-corrected chi connectivity index (χ4v) is 3.98. The van der Waals surface area contributed by atoms with Crippen LogP contribution in [0.2, 0.25) is 0 Å². The van der Waals surface area contributed by atoms with Crippen molar-refractivity contribution in [1.82, 2.24) is 4.98 Å². The molecule has 3 aromatic carbocycles. The molecule has 154 valence electrons. The second-order valence-electron chi connectivity index (χ2n) is 6.89. The molecule has 0 spiro atoms. The predicted octanol–water partition coefficient (Wildman–Crippen LogP) is 5.91. The van der Waals surface area contributed by atoms with Gasteiger partial charge in [0.25, 0.3) is 0 Å². The number of allylic oxidation sites excluding steroid dienone is 1. The normalized spacial score (nSPS) is 11.5. The van der Waals surface area contributed by atoms with E-state index < -0.39 is 0 Å². The third-order valence-corrected chi connectivity index (χ3v) is 5.70. The number of carbonyl (C=O) groups excluding carboxylic acids is 1. The van der Waals surface area contributed by atoms with Crippen LogP contribution in [0, 0.1) is 0 Å². The summed E-state index contributed by atoms with van der Waals surface area (Å²) in [6.07, 6.45) is 5.46. The number of para-hydroxylation sites is 1. The molecule has 0 unspecified atom stereocenters. The van der Waals surface area contributed by atoms with Gasteiger partial charge in [-0.15, -0.1) is 0 Å². The molecule has 1 aromatic heterocycles. The number of aromatic hydroxyl groups is 1. The minimum Gasteiger partial charge on any atom is -0.507 e. The minimum absolute atomic E-state index is 0.116. The molecule has 0 amide bonds. The number of rotatable bonds is 7. The number of ketones is 1. The Morgan fingerprint density at radius 3 is 2.68 bits per heavy atom. The number of carbonyl (C=O) groups is 1. The van der Waals surface area contributed by atoms with Crippen LogP contribution in [-0.4, -0.2) is 22.1 Å². The lowest BCUT2D eigenvalue weighted by Gasteiger charge is -2.07. The van der Waals surface area contributed by atoms with E-state index in [4.69, 9.17) is 0 Å². The van der Waals surface area contributed by atoms with Crippen LogP contribution >= 0.6 is 11.3 Å². The number of thiazole rings is 1. The number of nitrogens with one attached hydrogen (secondary N) is 1. The summed E-state index contributed by atoms with van der Waals surface area (Å²) >= 11 is 1.53. The molecular weight excluding hydrogens is 406 g/mol. The second-order valence-corrected chi connectivity index (χ2v) is 7.92. The number of benzene rings is 3.